The molecule has 0 spiro atoms. The number of primary amides is 1. The second-order valence-corrected chi connectivity index (χ2v) is 11.0. The number of nitrogens with one attached hydrogen (secondary N) is 2. The Kier molecular flexibility index (Phi) is 9.54. The Labute approximate surface area is 252 Å². The van der Waals surface area contributed by atoms with Gasteiger partial charge in [-0.3, -0.25) is 19.3 Å². The van der Waals surface area contributed by atoms with Crippen molar-refractivity contribution < 1.29 is 18.8 Å². The van der Waals surface area contributed by atoms with Crippen LogP contribution in [-0.2, 0) is 11.2 Å². The molecule has 43 heavy (non-hydrogen) atoms. The molecular weight excluding hydrogens is 542 g/mol. The third kappa shape index (κ3) is 6.96. The predicted octanol–water partition coefficient (Wildman–Crippen LogP) is 4.60. The van der Waals surface area contributed by atoms with Crippen molar-refractivity contribution >= 4 is 34.2 Å². The maximum absolute atomic E-state index is 14.3. The number of amides is 3. The first-order valence-corrected chi connectivity index (χ1v) is 14.8. The Morgan fingerprint density at radius 3 is 2.67 bits per heavy atom. The van der Waals surface area contributed by atoms with Crippen molar-refractivity contribution in [3.63, 3.8) is 0 Å². The fourth-order valence-electron chi connectivity index (χ4n) is 5.89. The summed E-state index contributed by atoms with van der Waals surface area (Å²) in [5.74, 6) is -0.636. The van der Waals surface area contributed by atoms with E-state index in [2.05, 4.69) is 46.7 Å². The summed E-state index contributed by atoms with van der Waals surface area (Å²) in [6.45, 7) is 7.05. The maximum Gasteiger partial charge on any atom is 0.291 e. The SMILES string of the molecule is CCNCCN(CC(N)=O)C(C)CCN1C(=O)c2cc(NC(=O)c3ccco3)ccc2CC1c1cccc2ccccc12. The summed E-state index contributed by atoms with van der Waals surface area (Å²) in [4.78, 5) is 42.8. The number of likely N-dealkylation sites (N-methyl/N-ethyl adjacent to an activating group) is 1. The first kappa shape index (κ1) is 30.0. The molecule has 1 aliphatic heterocycles. The van der Waals surface area contributed by atoms with Gasteiger partial charge in [-0.2, -0.15) is 0 Å². The topological polar surface area (TPSA) is 121 Å². The van der Waals surface area contributed by atoms with Gasteiger partial charge in [0.1, 0.15) is 0 Å². The smallest absolute Gasteiger partial charge is 0.291 e. The van der Waals surface area contributed by atoms with Gasteiger partial charge in [0.25, 0.3) is 11.8 Å². The molecule has 0 aliphatic carbocycles. The Morgan fingerprint density at radius 1 is 1.09 bits per heavy atom. The summed E-state index contributed by atoms with van der Waals surface area (Å²) in [6, 6.07) is 23.1. The molecule has 2 atom stereocenters. The summed E-state index contributed by atoms with van der Waals surface area (Å²) in [6.07, 6.45) is 2.75. The van der Waals surface area contributed by atoms with E-state index in [9.17, 15) is 14.4 Å². The van der Waals surface area contributed by atoms with E-state index in [1.54, 1.807) is 18.2 Å². The van der Waals surface area contributed by atoms with E-state index >= 15 is 0 Å². The first-order chi connectivity index (χ1) is 20.9. The monoisotopic (exact) mass is 581 g/mol. The van der Waals surface area contributed by atoms with Gasteiger partial charge < -0.3 is 25.7 Å². The molecule has 0 fully saturated rings. The molecule has 2 unspecified atom stereocenters. The molecule has 5 rings (SSSR count). The van der Waals surface area contributed by atoms with Gasteiger partial charge in [-0.15, -0.1) is 0 Å². The van der Waals surface area contributed by atoms with E-state index < -0.39 is 0 Å². The fraction of sp³-hybridized carbons (Fsp3) is 0.324. The zero-order chi connectivity index (χ0) is 30.3. The summed E-state index contributed by atoms with van der Waals surface area (Å²) >= 11 is 0. The third-order valence-electron chi connectivity index (χ3n) is 8.17. The molecule has 9 nitrogen and oxygen atoms in total. The first-order valence-electron chi connectivity index (χ1n) is 14.8. The van der Waals surface area contributed by atoms with Crippen LogP contribution in [0.15, 0.2) is 83.5 Å². The minimum absolute atomic E-state index is 0.0208. The molecule has 2 heterocycles. The average molecular weight is 582 g/mol. The number of nitrogens with zero attached hydrogens (tertiary/aromatic N) is 2. The molecule has 1 aliphatic rings. The number of hydrogen-bond donors (Lipinski definition) is 3. The van der Waals surface area contributed by atoms with Crippen LogP contribution in [-0.4, -0.2) is 66.3 Å². The Morgan fingerprint density at radius 2 is 1.91 bits per heavy atom. The average Bonchev–Trinajstić information content (AvgIpc) is 3.55. The van der Waals surface area contributed by atoms with E-state index in [4.69, 9.17) is 10.2 Å². The summed E-state index contributed by atoms with van der Waals surface area (Å²) in [5.41, 5.74) is 8.71. The number of hydrogen-bond acceptors (Lipinski definition) is 6. The fourth-order valence-corrected chi connectivity index (χ4v) is 5.89. The minimum atomic E-state index is -0.375. The van der Waals surface area contributed by atoms with E-state index in [0.717, 1.165) is 35.0 Å². The molecule has 4 N–H and O–H groups in total. The number of fused-ring (bicyclic) bond motifs is 2. The van der Waals surface area contributed by atoms with E-state index in [1.165, 1.54) is 6.26 Å². The highest BCUT2D eigenvalue weighted by atomic mass is 16.3. The lowest BCUT2D eigenvalue weighted by Gasteiger charge is -2.39. The normalized spacial score (nSPS) is 15.5. The van der Waals surface area contributed by atoms with Gasteiger partial charge in [0.2, 0.25) is 5.91 Å². The van der Waals surface area contributed by atoms with Crippen molar-refractivity contribution in [2.45, 2.75) is 38.8 Å². The van der Waals surface area contributed by atoms with Crippen LogP contribution in [0.3, 0.4) is 0 Å². The minimum Gasteiger partial charge on any atom is -0.459 e. The molecule has 0 saturated carbocycles. The highest BCUT2D eigenvalue weighted by Crippen LogP contribution is 2.37. The van der Waals surface area contributed by atoms with Gasteiger partial charge in [0, 0.05) is 36.9 Å². The highest BCUT2D eigenvalue weighted by Gasteiger charge is 2.35. The van der Waals surface area contributed by atoms with Gasteiger partial charge in [-0.1, -0.05) is 55.5 Å². The number of furan rings is 1. The molecule has 224 valence electrons. The van der Waals surface area contributed by atoms with Crippen molar-refractivity contribution in [1.82, 2.24) is 15.1 Å². The molecule has 0 bridgehead atoms. The lowest BCUT2D eigenvalue weighted by molar-refractivity contribution is -0.119. The lowest BCUT2D eigenvalue weighted by atomic mass is 9.86. The van der Waals surface area contributed by atoms with Crippen LogP contribution in [0.5, 0.6) is 0 Å². The van der Waals surface area contributed by atoms with Crippen LogP contribution >= 0.6 is 0 Å². The zero-order valence-electron chi connectivity index (χ0n) is 24.7. The number of anilines is 1. The van der Waals surface area contributed by atoms with Crippen LogP contribution < -0.4 is 16.4 Å². The third-order valence-corrected chi connectivity index (χ3v) is 8.17. The molecule has 4 aromatic rings. The van der Waals surface area contributed by atoms with Crippen molar-refractivity contribution in [2.24, 2.45) is 5.73 Å². The van der Waals surface area contributed by atoms with E-state index in [-0.39, 0.29) is 42.1 Å². The van der Waals surface area contributed by atoms with Crippen LogP contribution in [0.1, 0.15) is 58.3 Å². The Balaban J connectivity index is 1.44. The molecular formula is C34H39N5O4. The van der Waals surface area contributed by atoms with Crippen molar-refractivity contribution in [1.29, 1.82) is 0 Å². The number of carbonyl (C=O) groups is 3. The predicted molar refractivity (Wildman–Crippen MR) is 168 cm³/mol. The summed E-state index contributed by atoms with van der Waals surface area (Å²) < 4.78 is 5.22. The van der Waals surface area contributed by atoms with E-state index in [0.29, 0.717) is 37.2 Å². The second kappa shape index (κ2) is 13.7. The van der Waals surface area contributed by atoms with Crippen LogP contribution in [0.4, 0.5) is 5.69 Å². The van der Waals surface area contributed by atoms with Crippen molar-refractivity contribution in [3.8, 4) is 0 Å². The van der Waals surface area contributed by atoms with Crippen molar-refractivity contribution in [2.75, 3.05) is 38.0 Å². The standard InChI is InChI=1S/C34H39N5O4/c1-3-36-16-18-38(22-32(35)40)23(2)15-17-39-30(28-11-6-9-24-8-4-5-10-27(24)28)20-25-13-14-26(21-29(25)34(39)42)37-33(41)31-12-7-19-43-31/h4-14,19,21,23,30,36H,3,15-18,20,22H2,1-2H3,(H2,35,40)(H,37,41). The maximum atomic E-state index is 14.3. The van der Waals surface area contributed by atoms with Gasteiger partial charge in [-0.05, 0) is 72.5 Å². The second-order valence-electron chi connectivity index (χ2n) is 11.0. The lowest BCUT2D eigenvalue weighted by Crippen LogP contribution is -2.46. The Hall–Kier alpha value is -4.47. The molecule has 0 radical (unpaired) electrons. The van der Waals surface area contributed by atoms with Crippen LogP contribution in [0, 0.1) is 0 Å². The molecule has 3 aromatic carbocycles. The molecule has 0 saturated heterocycles. The highest BCUT2D eigenvalue weighted by molar-refractivity contribution is 6.04. The zero-order valence-corrected chi connectivity index (χ0v) is 24.7. The molecule has 9 heteroatoms. The van der Waals surface area contributed by atoms with Crippen molar-refractivity contribution in [3.05, 3.63) is 102 Å². The largest absolute Gasteiger partial charge is 0.459 e. The van der Waals surface area contributed by atoms with Gasteiger partial charge in [-0.25, -0.2) is 0 Å². The molecule has 1 aromatic heterocycles. The summed E-state index contributed by atoms with van der Waals surface area (Å²) in [7, 11) is 0. The molecule has 3 amide bonds. The Bertz CT molecular complexity index is 1580. The van der Waals surface area contributed by atoms with Gasteiger partial charge >= 0.3 is 0 Å². The quantitative estimate of drug-likeness (QED) is 0.199. The van der Waals surface area contributed by atoms with E-state index in [1.807, 2.05) is 42.2 Å². The van der Waals surface area contributed by atoms with Gasteiger partial charge in [0.05, 0.1) is 18.8 Å². The van der Waals surface area contributed by atoms with Crippen LogP contribution in [0.25, 0.3) is 10.8 Å². The summed E-state index contributed by atoms with van der Waals surface area (Å²) in [5, 5.41) is 8.40. The number of nitrogens with two attached hydrogens (primary N) is 1. The number of carbonyl (C=O) groups excluding carboxylic acids is 3. The number of rotatable bonds is 13. The van der Waals surface area contributed by atoms with Crippen LogP contribution in [0.2, 0.25) is 0 Å². The van der Waals surface area contributed by atoms with Gasteiger partial charge in [0.15, 0.2) is 5.76 Å². The number of benzene rings is 3.